The number of fused-ring (bicyclic) bond motifs is 1. The van der Waals surface area contributed by atoms with Crippen LogP contribution in [0.3, 0.4) is 0 Å². The predicted molar refractivity (Wildman–Crippen MR) is 78.2 cm³/mol. The van der Waals surface area contributed by atoms with Gasteiger partial charge in [-0.2, -0.15) is 0 Å². The van der Waals surface area contributed by atoms with Gasteiger partial charge < -0.3 is 25.7 Å². The molecule has 3 atom stereocenters. The lowest BCUT2D eigenvalue weighted by Gasteiger charge is -2.31. The van der Waals surface area contributed by atoms with Crippen LogP contribution in [-0.2, 0) is 18.9 Å². The Balaban J connectivity index is 2.13. The average molecular weight is 297 g/mol. The molecular weight excluding hydrogens is 273 g/mol. The van der Waals surface area contributed by atoms with Crippen LogP contribution in [0.1, 0.15) is 26.7 Å². The van der Waals surface area contributed by atoms with Gasteiger partial charge in [0.15, 0.2) is 0 Å². The van der Waals surface area contributed by atoms with Crippen molar-refractivity contribution in [2.45, 2.75) is 44.6 Å². The van der Waals surface area contributed by atoms with Crippen molar-refractivity contribution in [2.75, 3.05) is 19.7 Å². The molecule has 2 fully saturated rings. The maximum atomic E-state index is 12.4. The molecule has 2 heterocycles. The maximum Gasteiger partial charge on any atom is 0.527 e. The second kappa shape index (κ2) is 6.33. The van der Waals surface area contributed by atoms with E-state index in [-0.39, 0.29) is 18.4 Å². The molecule has 0 aromatic heterocycles. The number of hydrogen-bond donors (Lipinski definition) is 2. The van der Waals surface area contributed by atoms with Crippen LogP contribution in [0.5, 0.6) is 0 Å². The topological polar surface area (TPSA) is 108 Å². The summed E-state index contributed by atoms with van der Waals surface area (Å²) in [4.78, 5) is 26.0. The average Bonchev–Trinajstić information content (AvgIpc) is 2.75. The van der Waals surface area contributed by atoms with E-state index in [1.807, 2.05) is 6.92 Å². The summed E-state index contributed by atoms with van der Waals surface area (Å²) in [5, 5.41) is 0. The minimum Gasteiger partial charge on any atom is -0.508 e. The molecular formula is C13H24BN3O4. The van der Waals surface area contributed by atoms with Gasteiger partial charge in [-0.3, -0.25) is 9.59 Å². The van der Waals surface area contributed by atoms with Gasteiger partial charge in [0.1, 0.15) is 5.54 Å². The minimum absolute atomic E-state index is 0.0877. The van der Waals surface area contributed by atoms with E-state index in [0.717, 1.165) is 12.8 Å². The van der Waals surface area contributed by atoms with Crippen LogP contribution in [0.2, 0.25) is 6.32 Å². The molecule has 0 aliphatic carbocycles. The van der Waals surface area contributed by atoms with Crippen molar-refractivity contribution < 1.29 is 18.9 Å². The molecule has 2 saturated heterocycles. The summed E-state index contributed by atoms with van der Waals surface area (Å²) in [5.74, 6) is -0.748. The molecule has 2 rings (SSSR count). The summed E-state index contributed by atoms with van der Waals surface area (Å²) in [7, 11) is -0.540. The summed E-state index contributed by atoms with van der Waals surface area (Å²) in [5.41, 5.74) is 10.8. The molecule has 0 aromatic rings. The molecule has 21 heavy (non-hydrogen) atoms. The standard InChI is InChI=1S/C13H24BN3O4/c1-3-20-14-6-4-5-10-7-17(11(18)9(2)15)8-13(10,16)12(19)21-14/h9-10H,3-8,15-16H2,1-2H3/t9?,10?,13-/m0/s1. The monoisotopic (exact) mass is 297 g/mol. The van der Waals surface area contributed by atoms with Gasteiger partial charge in [-0.15, -0.1) is 0 Å². The first-order valence-corrected chi connectivity index (χ1v) is 7.54. The van der Waals surface area contributed by atoms with Crippen molar-refractivity contribution in [3.63, 3.8) is 0 Å². The van der Waals surface area contributed by atoms with E-state index in [4.69, 9.17) is 20.8 Å². The van der Waals surface area contributed by atoms with Crippen LogP contribution in [0.25, 0.3) is 0 Å². The highest BCUT2D eigenvalue weighted by Crippen LogP contribution is 2.33. The number of nitrogens with zero attached hydrogens (tertiary/aromatic N) is 1. The first-order valence-electron chi connectivity index (χ1n) is 7.54. The quantitative estimate of drug-likeness (QED) is 0.670. The molecule has 2 aliphatic rings. The Kier molecular flexibility index (Phi) is 4.90. The number of amides is 1. The van der Waals surface area contributed by atoms with Crippen molar-refractivity contribution in [1.82, 2.24) is 4.90 Å². The number of nitrogens with two attached hydrogens (primary N) is 2. The third-order valence-corrected chi connectivity index (χ3v) is 4.29. The molecule has 4 N–H and O–H groups in total. The number of hydrogen-bond acceptors (Lipinski definition) is 6. The van der Waals surface area contributed by atoms with E-state index in [0.29, 0.717) is 19.5 Å². The van der Waals surface area contributed by atoms with Crippen LogP contribution in [-0.4, -0.2) is 55.2 Å². The van der Waals surface area contributed by atoms with Crippen LogP contribution in [0.4, 0.5) is 0 Å². The lowest BCUT2D eigenvalue weighted by Crippen LogP contribution is -2.58. The molecule has 0 bridgehead atoms. The Morgan fingerprint density at radius 2 is 2.38 bits per heavy atom. The number of rotatable bonds is 3. The SMILES string of the molecule is CCOB1CCCC2CN(C(=O)C(C)N)C[C@@]2(N)C(=O)O1. The Bertz CT molecular complexity index is 420. The van der Waals surface area contributed by atoms with Gasteiger partial charge in [-0.25, -0.2) is 0 Å². The number of likely N-dealkylation sites (tertiary alicyclic amines) is 1. The summed E-state index contributed by atoms with van der Waals surface area (Å²) in [6.45, 7) is 4.59. The Morgan fingerprint density at radius 3 is 3.00 bits per heavy atom. The lowest BCUT2D eigenvalue weighted by molar-refractivity contribution is -0.143. The zero-order chi connectivity index (χ0) is 15.6. The van der Waals surface area contributed by atoms with Crippen molar-refractivity contribution in [3.8, 4) is 0 Å². The normalized spacial score (nSPS) is 31.2. The van der Waals surface area contributed by atoms with E-state index in [1.54, 1.807) is 11.8 Å². The maximum absolute atomic E-state index is 12.4. The summed E-state index contributed by atoms with van der Waals surface area (Å²) >= 11 is 0. The Hall–Kier alpha value is -1.12. The first-order chi connectivity index (χ1) is 9.88. The lowest BCUT2D eigenvalue weighted by atomic mass is 9.74. The molecule has 2 unspecified atom stereocenters. The Morgan fingerprint density at radius 1 is 1.67 bits per heavy atom. The van der Waals surface area contributed by atoms with Crippen molar-refractivity contribution in [2.24, 2.45) is 17.4 Å². The zero-order valence-electron chi connectivity index (χ0n) is 12.7. The van der Waals surface area contributed by atoms with E-state index in [1.165, 1.54) is 0 Å². The van der Waals surface area contributed by atoms with Crippen molar-refractivity contribution in [1.29, 1.82) is 0 Å². The molecule has 0 aromatic carbocycles. The van der Waals surface area contributed by atoms with Crippen LogP contribution in [0.15, 0.2) is 0 Å². The summed E-state index contributed by atoms with van der Waals surface area (Å²) in [6.07, 6.45) is 2.28. The van der Waals surface area contributed by atoms with E-state index in [2.05, 4.69) is 0 Å². The van der Waals surface area contributed by atoms with Gasteiger partial charge in [0.2, 0.25) is 5.91 Å². The van der Waals surface area contributed by atoms with Crippen molar-refractivity contribution in [3.05, 3.63) is 0 Å². The predicted octanol–water partition coefficient (Wildman–Crippen LogP) is -0.649. The molecule has 2 aliphatic heterocycles. The van der Waals surface area contributed by atoms with Crippen LogP contribution < -0.4 is 11.5 Å². The molecule has 0 radical (unpaired) electrons. The van der Waals surface area contributed by atoms with Gasteiger partial charge in [0.05, 0.1) is 6.04 Å². The molecule has 118 valence electrons. The van der Waals surface area contributed by atoms with Gasteiger partial charge >= 0.3 is 13.1 Å². The largest absolute Gasteiger partial charge is 0.527 e. The van der Waals surface area contributed by atoms with Gasteiger partial charge in [-0.1, -0.05) is 6.42 Å². The Labute approximate surface area is 125 Å². The highest BCUT2D eigenvalue weighted by atomic mass is 16.6. The molecule has 7 nitrogen and oxygen atoms in total. The van der Waals surface area contributed by atoms with E-state index < -0.39 is 24.7 Å². The second-order valence-corrected chi connectivity index (χ2v) is 5.97. The zero-order valence-corrected chi connectivity index (χ0v) is 12.7. The van der Waals surface area contributed by atoms with Gasteiger partial charge in [0, 0.05) is 25.6 Å². The number of carbonyl (C=O) groups excluding carboxylic acids is 2. The van der Waals surface area contributed by atoms with Crippen LogP contribution >= 0.6 is 0 Å². The fourth-order valence-electron chi connectivity index (χ4n) is 3.10. The summed E-state index contributed by atoms with van der Waals surface area (Å²) < 4.78 is 10.8. The third-order valence-electron chi connectivity index (χ3n) is 4.29. The summed E-state index contributed by atoms with van der Waals surface area (Å²) in [6, 6.07) is -0.592. The molecule has 0 saturated carbocycles. The van der Waals surface area contributed by atoms with Gasteiger partial charge in [-0.05, 0) is 26.6 Å². The van der Waals surface area contributed by atoms with E-state index >= 15 is 0 Å². The highest BCUT2D eigenvalue weighted by Gasteiger charge is 2.53. The van der Waals surface area contributed by atoms with Crippen molar-refractivity contribution >= 4 is 19.0 Å². The fourth-order valence-corrected chi connectivity index (χ4v) is 3.10. The first kappa shape index (κ1) is 16.3. The van der Waals surface area contributed by atoms with E-state index in [9.17, 15) is 9.59 Å². The van der Waals surface area contributed by atoms with Crippen LogP contribution in [0, 0.1) is 5.92 Å². The molecule has 8 heteroatoms. The minimum atomic E-state index is -1.15. The highest BCUT2D eigenvalue weighted by molar-refractivity contribution is 6.47. The molecule has 0 spiro atoms. The third kappa shape index (κ3) is 3.22. The van der Waals surface area contributed by atoms with Gasteiger partial charge in [0.25, 0.3) is 0 Å². The number of carbonyl (C=O) groups is 2. The second-order valence-electron chi connectivity index (χ2n) is 5.97. The smallest absolute Gasteiger partial charge is 0.508 e. The molecule has 1 amide bonds. The fraction of sp³-hybridized carbons (Fsp3) is 0.846.